The van der Waals surface area contributed by atoms with Crippen molar-refractivity contribution < 1.29 is 4.79 Å². The molecule has 0 spiro atoms. The molecule has 0 fully saturated rings. The van der Waals surface area contributed by atoms with Crippen molar-refractivity contribution in [2.45, 2.75) is 40.2 Å². The summed E-state index contributed by atoms with van der Waals surface area (Å²) in [5, 5.41) is 2.61. The second-order valence-corrected chi connectivity index (χ2v) is 1.59. The van der Waals surface area contributed by atoms with Crippen LogP contribution in [0.15, 0.2) is 0 Å². The first-order valence-corrected chi connectivity index (χ1v) is 3.51. The Morgan fingerprint density at radius 2 is 2.00 bits per heavy atom. The molecule has 1 N–H and O–H groups in total. The van der Waals surface area contributed by atoms with Crippen molar-refractivity contribution in [3.63, 3.8) is 0 Å². The zero-order valence-corrected chi connectivity index (χ0v) is 6.77. The molecule has 56 valence electrons. The van der Waals surface area contributed by atoms with Crippen LogP contribution in [0.25, 0.3) is 0 Å². The Labute approximate surface area is 57.6 Å². The van der Waals surface area contributed by atoms with E-state index in [-0.39, 0.29) is 0 Å². The van der Waals surface area contributed by atoms with Gasteiger partial charge in [-0.2, -0.15) is 0 Å². The zero-order valence-electron chi connectivity index (χ0n) is 6.77. The van der Waals surface area contributed by atoms with Crippen LogP contribution in [0.4, 0.5) is 0 Å². The van der Waals surface area contributed by atoms with E-state index in [1.54, 1.807) is 0 Å². The third-order valence-electron chi connectivity index (χ3n) is 0.965. The summed E-state index contributed by atoms with van der Waals surface area (Å²) in [6.07, 6.45) is 1.73. The highest BCUT2D eigenvalue weighted by atomic mass is 16.1. The summed E-state index contributed by atoms with van der Waals surface area (Å²) in [4.78, 5) is 9.66. The van der Waals surface area contributed by atoms with E-state index in [9.17, 15) is 4.79 Å². The molecule has 0 aromatic heterocycles. The fourth-order valence-electron chi connectivity index (χ4n) is 0.234. The van der Waals surface area contributed by atoms with E-state index in [4.69, 9.17) is 0 Å². The van der Waals surface area contributed by atoms with Crippen molar-refractivity contribution in [2.75, 3.05) is 0 Å². The molecule has 0 aromatic rings. The van der Waals surface area contributed by atoms with Crippen LogP contribution in [-0.2, 0) is 4.79 Å². The van der Waals surface area contributed by atoms with E-state index in [0.29, 0.717) is 6.04 Å². The molecule has 9 heavy (non-hydrogen) atoms. The smallest absolute Gasteiger partial charge is 0.207 e. The highest BCUT2D eigenvalue weighted by Gasteiger charge is 1.89. The Hall–Kier alpha value is -0.530. The molecule has 0 radical (unpaired) electrons. The maximum absolute atomic E-state index is 9.66. The SMILES string of the molecule is CC.CCC(C)NC=O. The number of rotatable bonds is 3. The number of hydrogen-bond donors (Lipinski definition) is 1. The maximum atomic E-state index is 9.66. The third-order valence-corrected chi connectivity index (χ3v) is 0.965. The Morgan fingerprint density at radius 3 is 2.11 bits per heavy atom. The Kier molecular flexibility index (Phi) is 13.1. The molecular weight excluding hydrogens is 114 g/mol. The lowest BCUT2D eigenvalue weighted by Crippen LogP contribution is -2.22. The summed E-state index contributed by atoms with van der Waals surface area (Å²) >= 11 is 0. The summed E-state index contributed by atoms with van der Waals surface area (Å²) in [7, 11) is 0. The van der Waals surface area contributed by atoms with Gasteiger partial charge in [-0.3, -0.25) is 4.79 Å². The first-order chi connectivity index (χ1) is 4.31. The minimum absolute atomic E-state index is 0.331. The van der Waals surface area contributed by atoms with E-state index < -0.39 is 0 Å². The van der Waals surface area contributed by atoms with E-state index in [1.807, 2.05) is 27.7 Å². The van der Waals surface area contributed by atoms with Crippen molar-refractivity contribution in [2.24, 2.45) is 0 Å². The first-order valence-electron chi connectivity index (χ1n) is 3.51. The van der Waals surface area contributed by atoms with Gasteiger partial charge in [-0.1, -0.05) is 20.8 Å². The van der Waals surface area contributed by atoms with Gasteiger partial charge in [-0.05, 0) is 13.3 Å². The molecular formula is C7H17NO. The predicted octanol–water partition coefficient (Wildman–Crippen LogP) is 1.56. The van der Waals surface area contributed by atoms with Gasteiger partial charge in [0.25, 0.3) is 0 Å². The average Bonchev–Trinajstić information content (AvgIpc) is 1.93. The lowest BCUT2D eigenvalue weighted by atomic mass is 10.3. The maximum Gasteiger partial charge on any atom is 0.207 e. The molecule has 1 unspecified atom stereocenters. The molecule has 0 saturated heterocycles. The molecule has 0 aromatic carbocycles. The summed E-state index contributed by atoms with van der Waals surface area (Å²) in [5.74, 6) is 0. The zero-order chi connectivity index (χ0) is 7.70. The van der Waals surface area contributed by atoms with Gasteiger partial charge in [0.1, 0.15) is 0 Å². The highest BCUT2D eigenvalue weighted by Crippen LogP contribution is 1.82. The molecule has 0 rings (SSSR count). The highest BCUT2D eigenvalue weighted by molar-refractivity contribution is 5.46. The van der Waals surface area contributed by atoms with Crippen LogP contribution in [0.3, 0.4) is 0 Å². The quantitative estimate of drug-likeness (QED) is 0.578. The minimum Gasteiger partial charge on any atom is -0.356 e. The van der Waals surface area contributed by atoms with Crippen molar-refractivity contribution in [1.29, 1.82) is 0 Å². The summed E-state index contributed by atoms with van der Waals surface area (Å²) in [6, 6.07) is 0.331. The third kappa shape index (κ3) is 11.2. The Balaban J connectivity index is 0. The number of carbonyl (C=O) groups is 1. The fourth-order valence-corrected chi connectivity index (χ4v) is 0.234. The molecule has 0 bridgehead atoms. The molecule has 1 atom stereocenters. The van der Waals surface area contributed by atoms with Crippen molar-refractivity contribution in [3.05, 3.63) is 0 Å². The standard InChI is InChI=1S/C5H11NO.C2H6/c1-3-5(2)6-4-7;1-2/h4-5H,3H2,1-2H3,(H,6,7);1-2H3. The van der Waals surface area contributed by atoms with Gasteiger partial charge < -0.3 is 5.32 Å². The molecule has 2 nitrogen and oxygen atoms in total. The topological polar surface area (TPSA) is 29.1 Å². The van der Waals surface area contributed by atoms with Crippen LogP contribution in [0.2, 0.25) is 0 Å². The van der Waals surface area contributed by atoms with Gasteiger partial charge >= 0.3 is 0 Å². The Bertz CT molecular complexity index is 54.9. The lowest BCUT2D eigenvalue weighted by molar-refractivity contribution is -0.110. The van der Waals surface area contributed by atoms with Crippen LogP contribution < -0.4 is 5.32 Å². The molecule has 0 aliphatic heterocycles. The van der Waals surface area contributed by atoms with Crippen LogP contribution in [0, 0.1) is 0 Å². The van der Waals surface area contributed by atoms with Gasteiger partial charge in [0, 0.05) is 6.04 Å². The van der Waals surface area contributed by atoms with Crippen molar-refractivity contribution in [1.82, 2.24) is 5.32 Å². The van der Waals surface area contributed by atoms with Gasteiger partial charge in [0.15, 0.2) is 0 Å². The van der Waals surface area contributed by atoms with Crippen LogP contribution in [0.1, 0.15) is 34.1 Å². The fraction of sp³-hybridized carbons (Fsp3) is 0.857. The number of nitrogens with one attached hydrogen (secondary N) is 1. The molecule has 0 aliphatic carbocycles. The van der Waals surface area contributed by atoms with Gasteiger partial charge in [0.05, 0.1) is 0 Å². The van der Waals surface area contributed by atoms with E-state index in [0.717, 1.165) is 12.8 Å². The number of amides is 1. The normalized spacial score (nSPS) is 10.7. The van der Waals surface area contributed by atoms with Crippen LogP contribution in [-0.4, -0.2) is 12.5 Å². The minimum atomic E-state index is 0.331. The molecule has 1 amide bonds. The lowest BCUT2D eigenvalue weighted by Gasteiger charge is -2.02. The van der Waals surface area contributed by atoms with Crippen molar-refractivity contribution in [3.8, 4) is 0 Å². The second-order valence-electron chi connectivity index (χ2n) is 1.59. The summed E-state index contributed by atoms with van der Waals surface area (Å²) < 4.78 is 0. The number of carbonyl (C=O) groups excluding carboxylic acids is 1. The monoisotopic (exact) mass is 131 g/mol. The summed E-state index contributed by atoms with van der Waals surface area (Å²) in [5.41, 5.74) is 0. The van der Waals surface area contributed by atoms with Crippen LogP contribution >= 0.6 is 0 Å². The summed E-state index contributed by atoms with van der Waals surface area (Å²) in [6.45, 7) is 8.00. The first kappa shape index (κ1) is 11.3. The van der Waals surface area contributed by atoms with Gasteiger partial charge in [-0.25, -0.2) is 0 Å². The largest absolute Gasteiger partial charge is 0.356 e. The van der Waals surface area contributed by atoms with Crippen molar-refractivity contribution >= 4 is 6.41 Å². The van der Waals surface area contributed by atoms with E-state index in [2.05, 4.69) is 5.32 Å². The van der Waals surface area contributed by atoms with Gasteiger partial charge in [-0.15, -0.1) is 0 Å². The van der Waals surface area contributed by atoms with E-state index in [1.165, 1.54) is 0 Å². The number of hydrogen-bond acceptors (Lipinski definition) is 1. The predicted molar refractivity (Wildman–Crippen MR) is 40.3 cm³/mol. The molecule has 0 aliphatic rings. The van der Waals surface area contributed by atoms with Crippen LogP contribution in [0.5, 0.6) is 0 Å². The Morgan fingerprint density at radius 1 is 1.56 bits per heavy atom. The molecule has 2 heteroatoms. The molecule has 0 heterocycles. The van der Waals surface area contributed by atoms with E-state index >= 15 is 0 Å². The average molecular weight is 131 g/mol. The molecule has 0 saturated carbocycles. The second kappa shape index (κ2) is 10.5. The van der Waals surface area contributed by atoms with Gasteiger partial charge in [0.2, 0.25) is 6.41 Å².